The van der Waals surface area contributed by atoms with Crippen molar-refractivity contribution in [1.29, 1.82) is 0 Å². The van der Waals surface area contributed by atoms with Crippen LogP contribution in [0.5, 0.6) is 0 Å². The lowest BCUT2D eigenvalue weighted by molar-refractivity contribution is -0.121. The highest BCUT2D eigenvalue weighted by molar-refractivity contribution is 6.30. The molecule has 116 valence electrons. The van der Waals surface area contributed by atoms with E-state index in [2.05, 4.69) is 10.6 Å². The highest BCUT2D eigenvalue weighted by Gasteiger charge is 2.16. The van der Waals surface area contributed by atoms with Gasteiger partial charge in [0.15, 0.2) is 5.78 Å². The van der Waals surface area contributed by atoms with Crippen LogP contribution < -0.4 is 10.6 Å². The molecule has 0 spiro atoms. The molecule has 2 rings (SSSR count). The van der Waals surface area contributed by atoms with Crippen molar-refractivity contribution >= 4 is 35.7 Å². The summed E-state index contributed by atoms with van der Waals surface area (Å²) in [5.74, 6) is -0.0837. The Bertz CT molecular complexity index is 471. The van der Waals surface area contributed by atoms with Crippen LogP contribution in [0.2, 0.25) is 5.02 Å². The van der Waals surface area contributed by atoms with E-state index in [0.717, 1.165) is 25.9 Å². The van der Waals surface area contributed by atoms with Crippen LogP contribution in [0.1, 0.15) is 36.0 Å². The molecule has 2 N–H and O–H groups in total. The fourth-order valence-electron chi connectivity index (χ4n) is 2.28. The predicted molar refractivity (Wildman–Crippen MR) is 86.3 cm³/mol. The molecule has 21 heavy (non-hydrogen) atoms. The van der Waals surface area contributed by atoms with Crippen molar-refractivity contribution in [3.63, 3.8) is 0 Å². The number of nitrogens with one attached hydrogen (secondary N) is 2. The van der Waals surface area contributed by atoms with Crippen molar-refractivity contribution in [2.45, 2.75) is 31.7 Å². The van der Waals surface area contributed by atoms with Gasteiger partial charge in [-0.15, -0.1) is 12.4 Å². The van der Waals surface area contributed by atoms with Gasteiger partial charge in [0.05, 0.1) is 0 Å². The van der Waals surface area contributed by atoms with E-state index in [9.17, 15) is 9.59 Å². The summed E-state index contributed by atoms with van der Waals surface area (Å²) in [7, 11) is 0. The van der Waals surface area contributed by atoms with Crippen molar-refractivity contribution in [3.05, 3.63) is 34.9 Å². The van der Waals surface area contributed by atoms with Gasteiger partial charge in [0, 0.05) is 36.0 Å². The molecule has 1 fully saturated rings. The van der Waals surface area contributed by atoms with Gasteiger partial charge in [-0.1, -0.05) is 11.6 Å². The number of benzene rings is 1. The zero-order chi connectivity index (χ0) is 14.4. The number of ketones is 1. The molecule has 1 aromatic carbocycles. The topological polar surface area (TPSA) is 58.2 Å². The lowest BCUT2D eigenvalue weighted by atomic mass is 10.1. The van der Waals surface area contributed by atoms with E-state index in [4.69, 9.17) is 11.6 Å². The summed E-state index contributed by atoms with van der Waals surface area (Å²) in [4.78, 5) is 23.7. The summed E-state index contributed by atoms with van der Waals surface area (Å²) in [5.41, 5.74) is 0.599. The summed E-state index contributed by atoms with van der Waals surface area (Å²) in [5, 5.41) is 6.80. The smallest absolute Gasteiger partial charge is 0.220 e. The third kappa shape index (κ3) is 6.04. The molecular weight excluding hydrogens is 311 g/mol. The third-order valence-corrected chi connectivity index (χ3v) is 3.66. The average molecular weight is 331 g/mol. The van der Waals surface area contributed by atoms with Crippen molar-refractivity contribution in [2.75, 3.05) is 13.1 Å². The number of hydrogen-bond acceptors (Lipinski definition) is 3. The van der Waals surface area contributed by atoms with Crippen molar-refractivity contribution in [1.82, 2.24) is 10.6 Å². The van der Waals surface area contributed by atoms with Crippen LogP contribution >= 0.6 is 24.0 Å². The van der Waals surface area contributed by atoms with E-state index in [1.54, 1.807) is 24.3 Å². The first-order valence-corrected chi connectivity index (χ1v) is 7.32. The highest BCUT2D eigenvalue weighted by atomic mass is 35.5. The molecule has 0 aromatic heterocycles. The summed E-state index contributed by atoms with van der Waals surface area (Å²) in [6.45, 7) is 1.83. The minimum absolute atomic E-state index is 0. The lowest BCUT2D eigenvalue weighted by Gasteiger charge is -2.23. The fraction of sp³-hybridized carbons (Fsp3) is 0.467. The second-order valence-corrected chi connectivity index (χ2v) is 5.48. The first kappa shape index (κ1) is 18.0. The molecule has 0 aliphatic carbocycles. The van der Waals surface area contributed by atoms with E-state index >= 15 is 0 Å². The van der Waals surface area contributed by atoms with Crippen molar-refractivity contribution in [3.8, 4) is 0 Å². The first-order valence-electron chi connectivity index (χ1n) is 6.94. The quantitative estimate of drug-likeness (QED) is 0.816. The van der Waals surface area contributed by atoms with Crippen LogP contribution in [0.3, 0.4) is 0 Å². The molecule has 1 unspecified atom stereocenters. The summed E-state index contributed by atoms with van der Waals surface area (Å²) < 4.78 is 0. The van der Waals surface area contributed by atoms with Gasteiger partial charge in [0.2, 0.25) is 5.91 Å². The van der Waals surface area contributed by atoms with Crippen LogP contribution in [0.25, 0.3) is 0 Å². The Morgan fingerprint density at radius 2 is 1.95 bits per heavy atom. The number of hydrogen-bond donors (Lipinski definition) is 2. The molecule has 1 aliphatic rings. The third-order valence-electron chi connectivity index (χ3n) is 3.41. The summed E-state index contributed by atoms with van der Waals surface area (Å²) >= 11 is 5.77. The Labute approximate surface area is 136 Å². The summed E-state index contributed by atoms with van der Waals surface area (Å²) in [6.07, 6.45) is 2.55. The van der Waals surface area contributed by atoms with Gasteiger partial charge < -0.3 is 10.6 Å². The molecule has 0 saturated carbocycles. The lowest BCUT2D eigenvalue weighted by Crippen LogP contribution is -2.45. The van der Waals surface area contributed by atoms with E-state index in [1.165, 1.54) is 0 Å². The van der Waals surface area contributed by atoms with Gasteiger partial charge in [-0.05, 0) is 43.7 Å². The number of Topliss-reactive ketones (excluding diaryl/α,β-unsaturated/α-hetero) is 1. The van der Waals surface area contributed by atoms with Crippen LogP contribution in [0.4, 0.5) is 0 Å². The Morgan fingerprint density at radius 3 is 2.57 bits per heavy atom. The second-order valence-electron chi connectivity index (χ2n) is 5.04. The molecule has 1 amide bonds. The minimum Gasteiger partial charge on any atom is -0.352 e. The average Bonchev–Trinajstić information content (AvgIpc) is 2.46. The molecule has 1 saturated heterocycles. The predicted octanol–water partition coefficient (Wildman–Crippen LogP) is 2.59. The maximum atomic E-state index is 11.9. The Hall–Kier alpha value is -1.10. The van der Waals surface area contributed by atoms with Crippen LogP contribution in [-0.2, 0) is 4.79 Å². The maximum Gasteiger partial charge on any atom is 0.220 e. The number of piperidine rings is 1. The van der Waals surface area contributed by atoms with E-state index in [-0.39, 0.29) is 43.0 Å². The standard InChI is InChI=1S/C15H19ClN2O2.ClH/c16-12-5-3-11(4-6-12)14(19)7-8-15(20)18-13-2-1-9-17-10-13;/h3-6,13,17H,1-2,7-10H2,(H,18,20);1H. The molecule has 4 nitrogen and oxygen atoms in total. The zero-order valence-electron chi connectivity index (χ0n) is 11.7. The van der Waals surface area contributed by atoms with E-state index in [0.29, 0.717) is 10.6 Å². The molecule has 1 heterocycles. The van der Waals surface area contributed by atoms with E-state index < -0.39 is 0 Å². The van der Waals surface area contributed by atoms with E-state index in [1.807, 2.05) is 0 Å². The van der Waals surface area contributed by atoms with Crippen LogP contribution in [-0.4, -0.2) is 30.8 Å². The molecule has 1 atom stereocenters. The Balaban J connectivity index is 0.00000220. The molecule has 1 aromatic rings. The van der Waals surface area contributed by atoms with Gasteiger partial charge in [-0.25, -0.2) is 0 Å². The first-order chi connectivity index (χ1) is 9.65. The van der Waals surface area contributed by atoms with Gasteiger partial charge in [-0.3, -0.25) is 9.59 Å². The van der Waals surface area contributed by atoms with Crippen molar-refractivity contribution < 1.29 is 9.59 Å². The number of amides is 1. The monoisotopic (exact) mass is 330 g/mol. The van der Waals surface area contributed by atoms with Crippen molar-refractivity contribution in [2.24, 2.45) is 0 Å². The molecule has 6 heteroatoms. The van der Waals surface area contributed by atoms with Gasteiger partial charge in [0.25, 0.3) is 0 Å². The molecule has 0 radical (unpaired) electrons. The number of carbonyl (C=O) groups is 2. The van der Waals surface area contributed by atoms with Gasteiger partial charge in [-0.2, -0.15) is 0 Å². The van der Waals surface area contributed by atoms with Gasteiger partial charge >= 0.3 is 0 Å². The van der Waals surface area contributed by atoms with Gasteiger partial charge in [0.1, 0.15) is 0 Å². The largest absolute Gasteiger partial charge is 0.352 e. The number of rotatable bonds is 5. The Morgan fingerprint density at radius 1 is 1.24 bits per heavy atom. The molecular formula is C15H20Cl2N2O2. The molecule has 0 bridgehead atoms. The van der Waals surface area contributed by atoms with Crippen LogP contribution in [0.15, 0.2) is 24.3 Å². The highest BCUT2D eigenvalue weighted by Crippen LogP contribution is 2.12. The zero-order valence-corrected chi connectivity index (χ0v) is 13.3. The summed E-state index contributed by atoms with van der Waals surface area (Å²) in [6, 6.07) is 6.94. The molecule has 1 aliphatic heterocycles. The SMILES string of the molecule is Cl.O=C(CCC(=O)c1ccc(Cl)cc1)NC1CCCNC1. The number of halogens is 2. The second kappa shape index (κ2) is 9.03. The maximum absolute atomic E-state index is 11.9. The minimum atomic E-state index is -0.0546. The Kier molecular flexibility index (Phi) is 7.72. The normalized spacial score (nSPS) is 17.7. The number of carbonyl (C=O) groups excluding carboxylic acids is 2. The fourth-order valence-corrected chi connectivity index (χ4v) is 2.41. The van der Waals surface area contributed by atoms with Crippen LogP contribution in [0, 0.1) is 0 Å².